The number of nitrogens with zero attached hydrogens (tertiary/aromatic N) is 2. The van der Waals surface area contributed by atoms with Gasteiger partial charge in [-0.3, -0.25) is 9.48 Å². The first-order valence-corrected chi connectivity index (χ1v) is 8.27. The number of rotatable bonds is 6. The summed E-state index contributed by atoms with van der Waals surface area (Å²) >= 11 is 0. The molecule has 0 aliphatic heterocycles. The lowest BCUT2D eigenvalue weighted by molar-refractivity contribution is -0.122. The van der Waals surface area contributed by atoms with Gasteiger partial charge in [-0.1, -0.05) is 32.9 Å². The molecular formula is C19H25N3O3. The highest BCUT2D eigenvalue weighted by molar-refractivity contribution is 5.87. The number of hydrogen-bond donors (Lipinski definition) is 2. The fourth-order valence-electron chi connectivity index (χ4n) is 2.69. The van der Waals surface area contributed by atoms with Crippen LogP contribution in [0.4, 0.5) is 0 Å². The van der Waals surface area contributed by atoms with E-state index in [2.05, 4.69) is 31.2 Å². The smallest absolute Gasteiger partial charge is 0.335 e. The highest BCUT2D eigenvalue weighted by Crippen LogP contribution is 2.32. The van der Waals surface area contributed by atoms with E-state index in [0.29, 0.717) is 12.8 Å². The predicted octanol–water partition coefficient (Wildman–Crippen LogP) is 2.95. The Hall–Kier alpha value is -2.63. The van der Waals surface area contributed by atoms with Crippen molar-refractivity contribution in [1.29, 1.82) is 0 Å². The number of carboxylic acids is 1. The van der Waals surface area contributed by atoms with Crippen molar-refractivity contribution >= 4 is 11.9 Å². The molecule has 1 heterocycles. The molecule has 0 spiro atoms. The van der Waals surface area contributed by atoms with Crippen LogP contribution in [0, 0.1) is 5.41 Å². The number of carboxylic acid groups (broad SMARTS) is 1. The highest BCUT2D eigenvalue weighted by Gasteiger charge is 2.28. The molecule has 0 bridgehead atoms. The van der Waals surface area contributed by atoms with Crippen molar-refractivity contribution in [3.63, 3.8) is 0 Å². The van der Waals surface area contributed by atoms with E-state index in [4.69, 9.17) is 5.11 Å². The summed E-state index contributed by atoms with van der Waals surface area (Å²) in [6, 6.07) is 6.49. The third-order valence-corrected chi connectivity index (χ3v) is 4.07. The molecule has 1 unspecified atom stereocenters. The van der Waals surface area contributed by atoms with Gasteiger partial charge in [-0.05, 0) is 29.5 Å². The number of hydrogen-bond acceptors (Lipinski definition) is 3. The van der Waals surface area contributed by atoms with Crippen LogP contribution in [-0.4, -0.2) is 26.8 Å². The van der Waals surface area contributed by atoms with Crippen LogP contribution >= 0.6 is 0 Å². The summed E-state index contributed by atoms with van der Waals surface area (Å²) in [6.45, 7) is 6.24. The average Bonchev–Trinajstić information content (AvgIpc) is 2.96. The lowest BCUT2D eigenvalue weighted by Crippen LogP contribution is -2.36. The molecule has 134 valence electrons. The fraction of sp³-hybridized carbons (Fsp3) is 0.421. The van der Waals surface area contributed by atoms with E-state index < -0.39 is 5.97 Å². The third-order valence-electron chi connectivity index (χ3n) is 4.07. The number of amides is 1. The second kappa shape index (κ2) is 7.51. The van der Waals surface area contributed by atoms with E-state index in [1.807, 2.05) is 13.2 Å². The number of carbonyl (C=O) groups is 2. The summed E-state index contributed by atoms with van der Waals surface area (Å²) in [7, 11) is 1.85. The zero-order chi connectivity index (χ0) is 18.6. The van der Waals surface area contributed by atoms with Gasteiger partial charge in [-0.15, -0.1) is 0 Å². The van der Waals surface area contributed by atoms with E-state index in [-0.39, 0.29) is 22.9 Å². The summed E-state index contributed by atoms with van der Waals surface area (Å²) in [6.07, 6.45) is 4.61. The van der Waals surface area contributed by atoms with Gasteiger partial charge < -0.3 is 10.4 Å². The molecule has 1 aromatic heterocycles. The first-order valence-electron chi connectivity index (χ1n) is 8.27. The van der Waals surface area contributed by atoms with Crippen molar-refractivity contribution in [2.75, 3.05) is 0 Å². The summed E-state index contributed by atoms with van der Waals surface area (Å²) in [5.74, 6) is -0.986. The van der Waals surface area contributed by atoms with Crippen LogP contribution < -0.4 is 5.32 Å². The lowest BCUT2D eigenvalue weighted by Gasteiger charge is -2.30. The molecule has 0 aliphatic rings. The van der Waals surface area contributed by atoms with E-state index in [1.165, 1.54) is 0 Å². The van der Waals surface area contributed by atoms with Crippen LogP contribution in [0.1, 0.15) is 54.7 Å². The van der Waals surface area contributed by atoms with Gasteiger partial charge in [0.1, 0.15) is 0 Å². The molecule has 1 atom stereocenters. The van der Waals surface area contributed by atoms with Crippen molar-refractivity contribution < 1.29 is 14.7 Å². The van der Waals surface area contributed by atoms with E-state index in [1.54, 1.807) is 35.1 Å². The minimum absolute atomic E-state index is 0.0360. The summed E-state index contributed by atoms with van der Waals surface area (Å²) < 4.78 is 1.73. The Morgan fingerprint density at radius 3 is 2.36 bits per heavy atom. The maximum atomic E-state index is 12.4. The van der Waals surface area contributed by atoms with Crippen LogP contribution in [0.3, 0.4) is 0 Å². The van der Waals surface area contributed by atoms with Crippen LogP contribution in [0.2, 0.25) is 0 Å². The fourth-order valence-corrected chi connectivity index (χ4v) is 2.69. The summed E-state index contributed by atoms with van der Waals surface area (Å²) in [4.78, 5) is 23.3. The van der Waals surface area contributed by atoms with Gasteiger partial charge in [0.25, 0.3) is 0 Å². The Labute approximate surface area is 147 Å². The van der Waals surface area contributed by atoms with Crippen LogP contribution in [0.15, 0.2) is 36.7 Å². The number of aromatic nitrogens is 2. The minimum atomic E-state index is -0.950. The molecular weight excluding hydrogens is 318 g/mol. The molecule has 25 heavy (non-hydrogen) atoms. The molecule has 0 saturated heterocycles. The van der Waals surface area contributed by atoms with E-state index in [0.717, 1.165) is 11.1 Å². The van der Waals surface area contributed by atoms with Gasteiger partial charge in [-0.2, -0.15) is 5.10 Å². The molecule has 1 amide bonds. The van der Waals surface area contributed by atoms with Crippen LogP contribution in [-0.2, 0) is 18.3 Å². The maximum Gasteiger partial charge on any atom is 0.335 e. The van der Waals surface area contributed by atoms with Crippen LogP contribution in [0.5, 0.6) is 0 Å². The van der Waals surface area contributed by atoms with Crippen LogP contribution in [0.25, 0.3) is 0 Å². The zero-order valence-corrected chi connectivity index (χ0v) is 15.1. The second-order valence-electron chi connectivity index (χ2n) is 7.32. The predicted molar refractivity (Wildman–Crippen MR) is 95.3 cm³/mol. The SMILES string of the molecule is Cn1cc(C(NC(=O)CCc2ccc(C(=O)O)cc2)C(C)(C)C)cn1. The Morgan fingerprint density at radius 2 is 1.88 bits per heavy atom. The number of benzene rings is 1. The van der Waals surface area contributed by atoms with Crippen molar-refractivity contribution in [2.45, 2.75) is 39.7 Å². The van der Waals surface area contributed by atoms with Crippen molar-refractivity contribution in [2.24, 2.45) is 12.5 Å². The quantitative estimate of drug-likeness (QED) is 0.844. The largest absolute Gasteiger partial charge is 0.478 e. The number of nitrogens with one attached hydrogen (secondary N) is 1. The average molecular weight is 343 g/mol. The third kappa shape index (κ3) is 5.17. The van der Waals surface area contributed by atoms with Crippen molar-refractivity contribution in [3.8, 4) is 0 Å². The molecule has 0 aliphatic carbocycles. The first-order chi connectivity index (χ1) is 11.7. The molecule has 2 aromatic rings. The Morgan fingerprint density at radius 1 is 1.24 bits per heavy atom. The monoisotopic (exact) mass is 343 g/mol. The molecule has 2 rings (SSSR count). The molecule has 6 nitrogen and oxygen atoms in total. The Kier molecular flexibility index (Phi) is 5.62. The topological polar surface area (TPSA) is 84.2 Å². The molecule has 0 saturated carbocycles. The van der Waals surface area contributed by atoms with Crippen molar-refractivity contribution in [3.05, 3.63) is 53.3 Å². The van der Waals surface area contributed by atoms with E-state index in [9.17, 15) is 9.59 Å². The van der Waals surface area contributed by atoms with Crippen molar-refractivity contribution in [1.82, 2.24) is 15.1 Å². The van der Waals surface area contributed by atoms with Gasteiger partial charge in [-0.25, -0.2) is 4.79 Å². The maximum absolute atomic E-state index is 12.4. The lowest BCUT2D eigenvalue weighted by atomic mass is 9.83. The molecule has 0 fully saturated rings. The van der Waals surface area contributed by atoms with Gasteiger partial charge in [0.05, 0.1) is 17.8 Å². The first kappa shape index (κ1) is 18.7. The number of aryl methyl sites for hydroxylation is 2. The molecule has 2 N–H and O–H groups in total. The Balaban J connectivity index is 1.98. The Bertz CT molecular complexity index is 742. The molecule has 0 radical (unpaired) electrons. The molecule has 6 heteroatoms. The van der Waals surface area contributed by atoms with Gasteiger partial charge in [0, 0.05) is 25.2 Å². The van der Waals surface area contributed by atoms with Gasteiger partial charge >= 0.3 is 5.97 Å². The zero-order valence-electron chi connectivity index (χ0n) is 15.1. The molecule has 1 aromatic carbocycles. The number of aromatic carboxylic acids is 1. The van der Waals surface area contributed by atoms with Gasteiger partial charge in [0.15, 0.2) is 0 Å². The van der Waals surface area contributed by atoms with Gasteiger partial charge in [0.2, 0.25) is 5.91 Å². The normalized spacial score (nSPS) is 12.6. The van der Waals surface area contributed by atoms with E-state index >= 15 is 0 Å². The standard InChI is InChI=1S/C19H25N3O3/c1-19(2,3)17(15-11-20-22(4)12-15)21-16(23)10-7-13-5-8-14(9-6-13)18(24)25/h5-6,8-9,11-12,17H,7,10H2,1-4H3,(H,21,23)(H,24,25). The number of carbonyl (C=O) groups excluding carboxylic acids is 1. The highest BCUT2D eigenvalue weighted by atomic mass is 16.4. The second-order valence-corrected chi connectivity index (χ2v) is 7.32. The summed E-state index contributed by atoms with van der Waals surface area (Å²) in [5, 5.41) is 16.2. The summed E-state index contributed by atoms with van der Waals surface area (Å²) in [5.41, 5.74) is 2.03. The minimum Gasteiger partial charge on any atom is -0.478 e.